The van der Waals surface area contributed by atoms with E-state index < -0.39 is 11.7 Å². The third-order valence-electron chi connectivity index (χ3n) is 3.86. The van der Waals surface area contributed by atoms with Crippen LogP contribution in [-0.4, -0.2) is 19.9 Å². The lowest BCUT2D eigenvalue weighted by Crippen LogP contribution is -2.15. The van der Waals surface area contributed by atoms with Crippen LogP contribution in [0.1, 0.15) is 22.3 Å². The standard InChI is InChI=1S/C19H20ClF3N2O/c1-12-9-18(13(2)8-14(12)6-7-25-11-24-3)26-15-4-5-17(20)16(10-15)19(21,22)23/h4-5,8-11H,6-7H2,1-3H3,(H,24,25). The molecular weight excluding hydrogens is 365 g/mol. The van der Waals surface area contributed by atoms with Gasteiger partial charge < -0.3 is 10.1 Å². The Labute approximate surface area is 155 Å². The van der Waals surface area contributed by atoms with E-state index in [9.17, 15) is 13.2 Å². The van der Waals surface area contributed by atoms with Crippen LogP contribution in [0.4, 0.5) is 13.2 Å². The summed E-state index contributed by atoms with van der Waals surface area (Å²) in [5.74, 6) is 0.613. The van der Waals surface area contributed by atoms with Crippen molar-refractivity contribution in [3.8, 4) is 11.5 Å². The third kappa shape index (κ3) is 5.14. The van der Waals surface area contributed by atoms with Gasteiger partial charge in [-0.1, -0.05) is 17.7 Å². The zero-order valence-corrected chi connectivity index (χ0v) is 15.5. The molecule has 0 saturated heterocycles. The summed E-state index contributed by atoms with van der Waals surface area (Å²) < 4.78 is 44.6. The molecule has 140 valence electrons. The number of hydrogen-bond donors (Lipinski definition) is 1. The predicted molar refractivity (Wildman–Crippen MR) is 98.6 cm³/mol. The number of alkyl halides is 3. The zero-order chi connectivity index (χ0) is 19.3. The number of nitrogens with one attached hydrogen (secondary N) is 1. The van der Waals surface area contributed by atoms with E-state index >= 15 is 0 Å². The van der Waals surface area contributed by atoms with Crippen molar-refractivity contribution in [2.24, 2.45) is 4.99 Å². The minimum Gasteiger partial charge on any atom is -0.457 e. The molecule has 0 aliphatic carbocycles. The van der Waals surface area contributed by atoms with Crippen LogP contribution in [0, 0.1) is 13.8 Å². The summed E-state index contributed by atoms with van der Waals surface area (Å²) in [5, 5.41) is 2.72. The molecule has 0 aromatic heterocycles. The average Bonchev–Trinajstić information content (AvgIpc) is 2.56. The Balaban J connectivity index is 2.21. The van der Waals surface area contributed by atoms with Crippen LogP contribution in [0.15, 0.2) is 35.3 Å². The van der Waals surface area contributed by atoms with Crippen LogP contribution >= 0.6 is 11.6 Å². The molecular formula is C19H20ClF3N2O. The van der Waals surface area contributed by atoms with E-state index in [0.717, 1.165) is 35.7 Å². The van der Waals surface area contributed by atoms with E-state index in [1.807, 2.05) is 26.0 Å². The largest absolute Gasteiger partial charge is 0.457 e. The molecule has 7 heteroatoms. The van der Waals surface area contributed by atoms with Gasteiger partial charge in [-0.2, -0.15) is 13.2 Å². The molecule has 2 aromatic carbocycles. The van der Waals surface area contributed by atoms with Gasteiger partial charge in [0.1, 0.15) is 11.5 Å². The summed E-state index contributed by atoms with van der Waals surface area (Å²) in [6.07, 6.45) is -2.09. The maximum absolute atomic E-state index is 13.0. The molecule has 0 bridgehead atoms. The smallest absolute Gasteiger partial charge is 0.417 e. The molecule has 0 atom stereocenters. The maximum atomic E-state index is 13.0. The van der Waals surface area contributed by atoms with E-state index in [1.165, 1.54) is 12.1 Å². The monoisotopic (exact) mass is 384 g/mol. The maximum Gasteiger partial charge on any atom is 0.417 e. The first-order chi connectivity index (χ1) is 12.2. The van der Waals surface area contributed by atoms with Crippen molar-refractivity contribution in [3.05, 3.63) is 57.6 Å². The van der Waals surface area contributed by atoms with Crippen LogP contribution in [-0.2, 0) is 12.6 Å². The lowest BCUT2D eigenvalue weighted by Gasteiger charge is -2.15. The summed E-state index contributed by atoms with van der Waals surface area (Å²) in [4.78, 5) is 3.85. The van der Waals surface area contributed by atoms with Gasteiger partial charge in [0.2, 0.25) is 0 Å². The van der Waals surface area contributed by atoms with E-state index in [1.54, 1.807) is 13.4 Å². The van der Waals surface area contributed by atoms with Crippen molar-refractivity contribution in [3.63, 3.8) is 0 Å². The Morgan fingerprint density at radius 1 is 1.15 bits per heavy atom. The van der Waals surface area contributed by atoms with E-state index in [-0.39, 0.29) is 10.8 Å². The zero-order valence-electron chi connectivity index (χ0n) is 14.7. The summed E-state index contributed by atoms with van der Waals surface area (Å²) in [5.41, 5.74) is 2.08. The third-order valence-corrected chi connectivity index (χ3v) is 4.19. The van der Waals surface area contributed by atoms with Crippen molar-refractivity contribution in [2.75, 3.05) is 13.6 Å². The Morgan fingerprint density at radius 2 is 1.88 bits per heavy atom. The van der Waals surface area contributed by atoms with Gasteiger partial charge in [-0.25, -0.2) is 0 Å². The van der Waals surface area contributed by atoms with Gasteiger partial charge in [-0.05, 0) is 61.2 Å². The van der Waals surface area contributed by atoms with Crippen LogP contribution in [0.2, 0.25) is 5.02 Å². The number of hydrogen-bond acceptors (Lipinski definition) is 2. The minimum absolute atomic E-state index is 0.0952. The van der Waals surface area contributed by atoms with Crippen molar-refractivity contribution >= 4 is 17.9 Å². The Bertz CT molecular complexity index is 804. The summed E-state index contributed by atoms with van der Waals surface area (Å²) in [7, 11) is 1.69. The molecule has 0 fully saturated rings. The molecule has 2 rings (SSSR count). The fourth-order valence-corrected chi connectivity index (χ4v) is 2.73. The second-order valence-electron chi connectivity index (χ2n) is 5.88. The van der Waals surface area contributed by atoms with Crippen molar-refractivity contribution in [2.45, 2.75) is 26.4 Å². The van der Waals surface area contributed by atoms with Crippen molar-refractivity contribution in [1.82, 2.24) is 5.32 Å². The van der Waals surface area contributed by atoms with Crippen LogP contribution in [0.25, 0.3) is 0 Å². The second-order valence-corrected chi connectivity index (χ2v) is 6.28. The Hall–Kier alpha value is -2.21. The molecule has 2 aromatic rings. The van der Waals surface area contributed by atoms with Gasteiger partial charge >= 0.3 is 6.18 Å². The molecule has 0 unspecified atom stereocenters. The van der Waals surface area contributed by atoms with Gasteiger partial charge in [0, 0.05) is 13.6 Å². The van der Waals surface area contributed by atoms with E-state index in [0.29, 0.717) is 5.75 Å². The molecule has 1 N–H and O–H groups in total. The van der Waals surface area contributed by atoms with Gasteiger partial charge in [-0.3, -0.25) is 4.99 Å². The number of rotatable bonds is 6. The van der Waals surface area contributed by atoms with Gasteiger partial charge in [0.15, 0.2) is 0 Å². The number of benzene rings is 2. The fraction of sp³-hybridized carbons (Fsp3) is 0.316. The van der Waals surface area contributed by atoms with Crippen molar-refractivity contribution in [1.29, 1.82) is 0 Å². The number of aryl methyl sites for hydroxylation is 2. The summed E-state index contributed by atoms with van der Waals surface area (Å²) >= 11 is 5.64. The Kier molecular flexibility index (Phi) is 6.53. The van der Waals surface area contributed by atoms with Crippen LogP contribution in [0.5, 0.6) is 11.5 Å². The quantitative estimate of drug-likeness (QED) is 0.402. The van der Waals surface area contributed by atoms with Gasteiger partial charge in [0.25, 0.3) is 0 Å². The Morgan fingerprint density at radius 3 is 2.54 bits per heavy atom. The number of ether oxygens (including phenoxy) is 1. The summed E-state index contributed by atoms with van der Waals surface area (Å²) in [6, 6.07) is 7.35. The highest BCUT2D eigenvalue weighted by Gasteiger charge is 2.33. The van der Waals surface area contributed by atoms with Gasteiger partial charge in [0.05, 0.1) is 16.9 Å². The molecule has 3 nitrogen and oxygen atoms in total. The first-order valence-corrected chi connectivity index (χ1v) is 8.39. The first-order valence-electron chi connectivity index (χ1n) is 8.01. The van der Waals surface area contributed by atoms with Crippen molar-refractivity contribution < 1.29 is 17.9 Å². The first kappa shape index (κ1) is 20.1. The average molecular weight is 385 g/mol. The fourth-order valence-electron chi connectivity index (χ4n) is 2.50. The topological polar surface area (TPSA) is 33.6 Å². The van der Waals surface area contributed by atoms with E-state index in [2.05, 4.69) is 10.3 Å². The molecule has 0 heterocycles. The SMILES string of the molecule is CN=CNCCc1cc(C)c(Oc2ccc(Cl)c(C(F)(F)F)c2)cc1C. The predicted octanol–water partition coefficient (Wildman–Crippen LogP) is 5.56. The lowest BCUT2D eigenvalue weighted by molar-refractivity contribution is -0.137. The highest BCUT2D eigenvalue weighted by molar-refractivity contribution is 6.31. The molecule has 0 aliphatic heterocycles. The van der Waals surface area contributed by atoms with Crippen LogP contribution in [0.3, 0.4) is 0 Å². The minimum atomic E-state index is -4.53. The molecule has 0 radical (unpaired) electrons. The molecule has 0 amide bonds. The number of nitrogens with zero attached hydrogens (tertiary/aromatic N) is 1. The highest BCUT2D eigenvalue weighted by Crippen LogP contribution is 2.38. The van der Waals surface area contributed by atoms with Crippen LogP contribution < -0.4 is 10.1 Å². The molecule has 0 saturated carbocycles. The van der Waals surface area contributed by atoms with E-state index in [4.69, 9.17) is 16.3 Å². The number of halogens is 4. The molecule has 0 spiro atoms. The molecule has 26 heavy (non-hydrogen) atoms. The molecule has 0 aliphatic rings. The number of aliphatic imine (C=N–C) groups is 1. The summed E-state index contributed by atoms with van der Waals surface area (Å²) in [6.45, 7) is 4.54. The lowest BCUT2D eigenvalue weighted by atomic mass is 10.0. The second kappa shape index (κ2) is 8.45. The van der Waals surface area contributed by atoms with Gasteiger partial charge in [-0.15, -0.1) is 0 Å². The normalized spacial score (nSPS) is 11.8. The highest BCUT2D eigenvalue weighted by atomic mass is 35.5.